The molecule has 1 fully saturated rings. The average Bonchev–Trinajstić information content (AvgIpc) is 3.06. The molecule has 0 radical (unpaired) electrons. The normalized spacial score (nSPS) is 20.7. The molecule has 0 spiro atoms. The van der Waals surface area contributed by atoms with Crippen molar-refractivity contribution in [3.8, 4) is 17.0 Å². The maximum absolute atomic E-state index is 10.5. The first-order valence-corrected chi connectivity index (χ1v) is 9.35. The van der Waals surface area contributed by atoms with Gasteiger partial charge in [-0.05, 0) is 55.5 Å². The maximum Gasteiger partial charge on any atom is 0.243 e. The summed E-state index contributed by atoms with van der Waals surface area (Å²) in [6.45, 7) is 1.86. The molecule has 2 atom stereocenters. The van der Waals surface area contributed by atoms with E-state index in [0.29, 0.717) is 29.3 Å². The van der Waals surface area contributed by atoms with E-state index in [1.165, 1.54) is 11.3 Å². The lowest BCUT2D eigenvalue weighted by molar-refractivity contribution is 0.124. The number of nitrogens with zero attached hydrogens (tertiary/aromatic N) is 3. The van der Waals surface area contributed by atoms with E-state index in [9.17, 15) is 10.2 Å². The van der Waals surface area contributed by atoms with Gasteiger partial charge in [-0.2, -0.15) is 0 Å². The Bertz CT molecular complexity index is 911. The quantitative estimate of drug-likeness (QED) is 0.665. The SMILES string of the molecule is Cc1nc(N[C@@H]2CCC[C@H](O)C2)nnc1-c1ccc2ccsc2c1O. The van der Waals surface area contributed by atoms with Crippen LogP contribution in [0.1, 0.15) is 31.4 Å². The molecule has 0 aliphatic heterocycles. The number of hydrogen-bond acceptors (Lipinski definition) is 7. The Balaban J connectivity index is 1.61. The van der Waals surface area contributed by atoms with Gasteiger partial charge in [-0.1, -0.05) is 6.07 Å². The molecule has 1 aromatic carbocycles. The summed E-state index contributed by atoms with van der Waals surface area (Å²) >= 11 is 1.50. The summed E-state index contributed by atoms with van der Waals surface area (Å²) in [4.78, 5) is 4.50. The van der Waals surface area contributed by atoms with Crippen LogP contribution < -0.4 is 5.32 Å². The van der Waals surface area contributed by atoms with Crippen molar-refractivity contribution in [3.05, 3.63) is 29.3 Å². The van der Waals surface area contributed by atoms with Gasteiger partial charge in [0.25, 0.3) is 0 Å². The third-order valence-electron chi connectivity index (χ3n) is 4.69. The molecule has 0 saturated heterocycles. The van der Waals surface area contributed by atoms with Crippen molar-refractivity contribution in [2.75, 3.05) is 5.32 Å². The van der Waals surface area contributed by atoms with Crippen molar-refractivity contribution in [1.82, 2.24) is 15.2 Å². The number of aromatic nitrogens is 3. The third kappa shape index (κ3) is 3.17. The van der Waals surface area contributed by atoms with E-state index in [-0.39, 0.29) is 17.9 Å². The van der Waals surface area contributed by atoms with Crippen LogP contribution in [-0.2, 0) is 0 Å². The number of aliphatic hydroxyl groups excluding tert-OH is 1. The van der Waals surface area contributed by atoms with Crippen LogP contribution in [0.15, 0.2) is 23.6 Å². The number of hydrogen-bond donors (Lipinski definition) is 3. The first kappa shape index (κ1) is 16.2. The zero-order chi connectivity index (χ0) is 17.4. The second-order valence-corrected chi connectivity index (χ2v) is 7.45. The Morgan fingerprint density at radius 1 is 1.20 bits per heavy atom. The first-order chi connectivity index (χ1) is 12.1. The topological polar surface area (TPSA) is 91.2 Å². The van der Waals surface area contributed by atoms with E-state index < -0.39 is 0 Å². The van der Waals surface area contributed by atoms with E-state index in [1.807, 2.05) is 30.5 Å². The molecule has 0 unspecified atom stereocenters. The van der Waals surface area contributed by atoms with Gasteiger partial charge in [0.05, 0.1) is 16.5 Å². The third-order valence-corrected chi connectivity index (χ3v) is 5.63. The number of nitrogens with one attached hydrogen (secondary N) is 1. The number of phenols is 1. The smallest absolute Gasteiger partial charge is 0.243 e. The average molecular weight is 356 g/mol. The standard InChI is InChI=1S/C18H20N4O2S/c1-10-15(14-6-5-11-7-8-25-17(11)16(14)24)21-22-18(19-10)20-12-3-2-4-13(23)9-12/h5-8,12-13,23-24H,2-4,9H2,1H3,(H,19,20,22)/t12-,13+/m1/s1. The monoisotopic (exact) mass is 356 g/mol. The van der Waals surface area contributed by atoms with Gasteiger partial charge in [0.1, 0.15) is 11.4 Å². The van der Waals surface area contributed by atoms with Crippen LogP contribution >= 0.6 is 11.3 Å². The Labute approximate surface area is 149 Å². The number of aromatic hydroxyl groups is 1. The van der Waals surface area contributed by atoms with Crippen molar-refractivity contribution in [2.45, 2.75) is 44.8 Å². The molecule has 6 nitrogen and oxygen atoms in total. The molecule has 0 amide bonds. The highest BCUT2D eigenvalue weighted by Gasteiger charge is 2.21. The van der Waals surface area contributed by atoms with Gasteiger partial charge in [-0.15, -0.1) is 21.5 Å². The van der Waals surface area contributed by atoms with E-state index in [0.717, 1.165) is 29.3 Å². The Morgan fingerprint density at radius 3 is 2.88 bits per heavy atom. The van der Waals surface area contributed by atoms with E-state index in [4.69, 9.17) is 0 Å². The Hall–Kier alpha value is -2.25. The minimum Gasteiger partial charge on any atom is -0.506 e. The molecular formula is C18H20N4O2S. The molecule has 0 bridgehead atoms. The number of thiophene rings is 1. The van der Waals surface area contributed by atoms with Crippen LogP contribution in [0.5, 0.6) is 5.75 Å². The molecule has 1 aliphatic carbocycles. The highest BCUT2D eigenvalue weighted by atomic mass is 32.1. The molecule has 2 aromatic heterocycles. The Kier molecular flexibility index (Phi) is 4.27. The van der Waals surface area contributed by atoms with Gasteiger partial charge < -0.3 is 15.5 Å². The lowest BCUT2D eigenvalue weighted by Crippen LogP contribution is -2.30. The van der Waals surface area contributed by atoms with Crippen LogP contribution in [0.4, 0.5) is 5.95 Å². The predicted molar refractivity (Wildman–Crippen MR) is 98.9 cm³/mol. The van der Waals surface area contributed by atoms with Crippen LogP contribution in [0, 0.1) is 6.92 Å². The molecule has 7 heteroatoms. The molecule has 3 N–H and O–H groups in total. The lowest BCUT2D eigenvalue weighted by Gasteiger charge is -2.26. The van der Waals surface area contributed by atoms with E-state index >= 15 is 0 Å². The molecule has 130 valence electrons. The van der Waals surface area contributed by atoms with Gasteiger partial charge in [0.15, 0.2) is 0 Å². The summed E-state index contributed by atoms with van der Waals surface area (Å²) in [6.07, 6.45) is 3.31. The highest BCUT2D eigenvalue weighted by Crippen LogP contribution is 2.38. The number of fused-ring (bicyclic) bond motifs is 1. The zero-order valence-electron chi connectivity index (χ0n) is 13.9. The fraction of sp³-hybridized carbons (Fsp3) is 0.389. The van der Waals surface area contributed by atoms with E-state index in [2.05, 4.69) is 20.5 Å². The fourth-order valence-electron chi connectivity index (χ4n) is 3.40. The number of benzene rings is 1. The Morgan fingerprint density at radius 2 is 2.08 bits per heavy atom. The summed E-state index contributed by atoms with van der Waals surface area (Å²) in [6, 6.07) is 5.98. The van der Waals surface area contributed by atoms with Crippen LogP contribution in [-0.4, -0.2) is 37.5 Å². The van der Waals surface area contributed by atoms with Crippen molar-refractivity contribution >= 4 is 27.4 Å². The van der Waals surface area contributed by atoms with Crippen molar-refractivity contribution < 1.29 is 10.2 Å². The second-order valence-electron chi connectivity index (χ2n) is 6.53. The van der Waals surface area contributed by atoms with Crippen molar-refractivity contribution in [3.63, 3.8) is 0 Å². The minimum absolute atomic E-state index is 0.173. The number of aliphatic hydroxyl groups is 1. The number of rotatable bonds is 3. The molecule has 2 heterocycles. The van der Waals surface area contributed by atoms with Crippen LogP contribution in [0.25, 0.3) is 21.3 Å². The second kappa shape index (κ2) is 6.57. The van der Waals surface area contributed by atoms with Gasteiger partial charge in [-0.25, -0.2) is 4.98 Å². The van der Waals surface area contributed by atoms with Gasteiger partial charge in [0.2, 0.25) is 5.95 Å². The minimum atomic E-state index is -0.256. The zero-order valence-corrected chi connectivity index (χ0v) is 14.8. The summed E-state index contributed by atoms with van der Waals surface area (Å²) in [5, 5.41) is 35.0. The molecular weight excluding hydrogens is 336 g/mol. The molecule has 1 aliphatic rings. The maximum atomic E-state index is 10.5. The summed E-state index contributed by atoms with van der Waals surface area (Å²) in [5.41, 5.74) is 1.94. The molecule has 4 rings (SSSR count). The number of anilines is 1. The summed E-state index contributed by atoms with van der Waals surface area (Å²) in [5.74, 6) is 0.694. The summed E-state index contributed by atoms with van der Waals surface area (Å²) < 4.78 is 0.845. The lowest BCUT2D eigenvalue weighted by atomic mass is 9.93. The van der Waals surface area contributed by atoms with Crippen molar-refractivity contribution in [2.24, 2.45) is 0 Å². The van der Waals surface area contributed by atoms with Gasteiger partial charge >= 0.3 is 0 Å². The largest absolute Gasteiger partial charge is 0.506 e. The van der Waals surface area contributed by atoms with Gasteiger partial charge in [0, 0.05) is 11.6 Å². The molecule has 25 heavy (non-hydrogen) atoms. The molecule has 1 saturated carbocycles. The summed E-state index contributed by atoms with van der Waals surface area (Å²) in [7, 11) is 0. The predicted octanol–water partition coefficient (Wildman–Crippen LogP) is 3.48. The number of aryl methyl sites for hydroxylation is 1. The molecule has 3 aromatic rings. The fourth-order valence-corrected chi connectivity index (χ4v) is 4.24. The number of phenolic OH excluding ortho intramolecular Hbond substituents is 1. The van der Waals surface area contributed by atoms with Crippen molar-refractivity contribution in [1.29, 1.82) is 0 Å². The van der Waals surface area contributed by atoms with Crippen LogP contribution in [0.2, 0.25) is 0 Å². The highest BCUT2D eigenvalue weighted by molar-refractivity contribution is 7.17. The van der Waals surface area contributed by atoms with Crippen LogP contribution in [0.3, 0.4) is 0 Å². The first-order valence-electron chi connectivity index (χ1n) is 8.47. The van der Waals surface area contributed by atoms with E-state index in [1.54, 1.807) is 0 Å². The van der Waals surface area contributed by atoms with Gasteiger partial charge in [-0.3, -0.25) is 0 Å².